The average molecular weight is 252 g/mol. The molecule has 1 atom stereocenters. The third kappa shape index (κ3) is 1.78. The summed E-state index contributed by atoms with van der Waals surface area (Å²) < 4.78 is 0. The van der Waals surface area contributed by atoms with Crippen LogP contribution in [0.4, 0.5) is 0 Å². The molecule has 2 N–H and O–H groups in total. The Bertz CT molecular complexity index is 357. The van der Waals surface area contributed by atoms with Crippen molar-refractivity contribution in [3.8, 4) is 0 Å². The quantitative estimate of drug-likeness (QED) is 0.778. The molecular weight excluding hydrogens is 224 g/mol. The SMILES string of the molecule is CC1(C)CN(C(=O)C2C(C)(C)C2(C)C)CCC1N. The summed E-state index contributed by atoms with van der Waals surface area (Å²) in [6.07, 6.45) is 0.923. The van der Waals surface area contributed by atoms with Gasteiger partial charge in [-0.15, -0.1) is 0 Å². The maximum atomic E-state index is 12.7. The van der Waals surface area contributed by atoms with Crippen LogP contribution in [0, 0.1) is 22.2 Å². The van der Waals surface area contributed by atoms with E-state index in [0.717, 1.165) is 19.5 Å². The van der Waals surface area contributed by atoms with E-state index in [2.05, 4.69) is 41.5 Å². The summed E-state index contributed by atoms with van der Waals surface area (Å²) in [5.41, 5.74) is 6.44. The number of likely N-dealkylation sites (tertiary alicyclic amines) is 1. The molecule has 0 bridgehead atoms. The summed E-state index contributed by atoms with van der Waals surface area (Å²) in [5, 5.41) is 0. The number of piperidine rings is 1. The van der Waals surface area contributed by atoms with Crippen LogP contribution < -0.4 is 5.73 Å². The van der Waals surface area contributed by atoms with E-state index in [1.165, 1.54) is 0 Å². The Morgan fingerprint density at radius 2 is 1.61 bits per heavy atom. The molecule has 0 aromatic carbocycles. The molecule has 0 aromatic heterocycles. The van der Waals surface area contributed by atoms with E-state index in [4.69, 9.17) is 5.73 Å². The fourth-order valence-corrected chi connectivity index (χ4v) is 3.56. The van der Waals surface area contributed by atoms with Gasteiger partial charge in [-0.05, 0) is 22.7 Å². The highest BCUT2D eigenvalue weighted by Crippen LogP contribution is 2.68. The van der Waals surface area contributed by atoms with Gasteiger partial charge in [-0.25, -0.2) is 0 Å². The third-order valence-corrected chi connectivity index (χ3v) is 5.89. The molecule has 0 radical (unpaired) electrons. The molecule has 2 aliphatic rings. The van der Waals surface area contributed by atoms with Gasteiger partial charge in [0.15, 0.2) is 0 Å². The van der Waals surface area contributed by atoms with E-state index in [0.29, 0.717) is 5.91 Å². The minimum Gasteiger partial charge on any atom is -0.342 e. The second kappa shape index (κ2) is 3.72. The number of carbonyl (C=O) groups is 1. The van der Waals surface area contributed by atoms with Crippen molar-refractivity contribution in [2.24, 2.45) is 27.9 Å². The van der Waals surface area contributed by atoms with Crippen LogP contribution in [-0.4, -0.2) is 29.9 Å². The van der Waals surface area contributed by atoms with Crippen LogP contribution in [0.25, 0.3) is 0 Å². The number of carbonyl (C=O) groups excluding carboxylic acids is 1. The zero-order valence-electron chi connectivity index (χ0n) is 12.7. The molecule has 1 saturated heterocycles. The highest BCUT2D eigenvalue weighted by Gasteiger charge is 2.69. The molecule has 3 heteroatoms. The van der Waals surface area contributed by atoms with Crippen LogP contribution in [0.5, 0.6) is 0 Å². The van der Waals surface area contributed by atoms with E-state index in [9.17, 15) is 4.79 Å². The van der Waals surface area contributed by atoms with Gasteiger partial charge in [0.05, 0.1) is 0 Å². The van der Waals surface area contributed by atoms with Gasteiger partial charge in [-0.2, -0.15) is 0 Å². The first kappa shape index (κ1) is 13.9. The Labute approximate surface area is 111 Å². The largest absolute Gasteiger partial charge is 0.342 e. The lowest BCUT2D eigenvalue weighted by Crippen LogP contribution is -2.54. The van der Waals surface area contributed by atoms with Gasteiger partial charge in [-0.1, -0.05) is 41.5 Å². The van der Waals surface area contributed by atoms with E-state index in [1.807, 2.05) is 4.90 Å². The topological polar surface area (TPSA) is 46.3 Å². The molecule has 18 heavy (non-hydrogen) atoms. The van der Waals surface area contributed by atoms with E-state index in [1.54, 1.807) is 0 Å². The van der Waals surface area contributed by atoms with E-state index >= 15 is 0 Å². The minimum absolute atomic E-state index is 0.0388. The fraction of sp³-hybridized carbons (Fsp3) is 0.933. The summed E-state index contributed by atoms with van der Waals surface area (Å²) >= 11 is 0. The van der Waals surface area contributed by atoms with Crippen molar-refractivity contribution in [3.63, 3.8) is 0 Å². The normalized spacial score (nSPS) is 33.3. The molecule has 2 rings (SSSR count). The predicted octanol–water partition coefficient (Wildman–Crippen LogP) is 2.25. The van der Waals surface area contributed by atoms with Gasteiger partial charge in [0.25, 0.3) is 0 Å². The lowest BCUT2D eigenvalue weighted by Gasteiger charge is -2.43. The predicted molar refractivity (Wildman–Crippen MR) is 74.0 cm³/mol. The summed E-state index contributed by atoms with van der Waals surface area (Å²) in [6, 6.07) is 0.210. The van der Waals surface area contributed by atoms with Crippen LogP contribution in [0.15, 0.2) is 0 Å². The molecule has 104 valence electrons. The summed E-state index contributed by atoms with van der Waals surface area (Å²) in [7, 11) is 0. The first-order valence-electron chi connectivity index (χ1n) is 7.06. The van der Waals surface area contributed by atoms with Gasteiger partial charge >= 0.3 is 0 Å². The molecular formula is C15H28N2O. The Morgan fingerprint density at radius 1 is 1.11 bits per heavy atom. The molecule has 1 aliphatic carbocycles. The maximum absolute atomic E-state index is 12.7. The Kier molecular flexibility index (Phi) is 2.86. The lowest BCUT2D eigenvalue weighted by molar-refractivity contribution is -0.137. The summed E-state index contributed by atoms with van der Waals surface area (Å²) in [4.78, 5) is 14.7. The van der Waals surface area contributed by atoms with Gasteiger partial charge in [0, 0.05) is 25.0 Å². The van der Waals surface area contributed by atoms with E-state index < -0.39 is 0 Å². The zero-order valence-corrected chi connectivity index (χ0v) is 12.7. The number of rotatable bonds is 1. The number of nitrogens with zero attached hydrogens (tertiary/aromatic N) is 1. The van der Waals surface area contributed by atoms with E-state index in [-0.39, 0.29) is 28.2 Å². The van der Waals surface area contributed by atoms with Gasteiger partial charge in [-0.3, -0.25) is 4.79 Å². The van der Waals surface area contributed by atoms with Crippen LogP contribution in [-0.2, 0) is 4.79 Å². The molecule has 3 nitrogen and oxygen atoms in total. The van der Waals surface area contributed by atoms with Gasteiger partial charge < -0.3 is 10.6 Å². The molecule has 1 aliphatic heterocycles. The first-order valence-corrected chi connectivity index (χ1v) is 7.06. The molecule has 0 spiro atoms. The van der Waals surface area contributed by atoms with Gasteiger partial charge in [0.1, 0.15) is 0 Å². The van der Waals surface area contributed by atoms with Crippen molar-refractivity contribution >= 4 is 5.91 Å². The molecule has 1 saturated carbocycles. The van der Waals surface area contributed by atoms with Crippen molar-refractivity contribution < 1.29 is 4.79 Å². The average Bonchev–Trinajstić information content (AvgIpc) is 2.61. The fourth-order valence-electron chi connectivity index (χ4n) is 3.56. The summed E-state index contributed by atoms with van der Waals surface area (Å²) in [5.74, 6) is 0.514. The molecule has 1 heterocycles. The van der Waals surface area contributed by atoms with Crippen LogP contribution in [0.2, 0.25) is 0 Å². The molecule has 2 fully saturated rings. The van der Waals surface area contributed by atoms with Crippen molar-refractivity contribution in [1.29, 1.82) is 0 Å². The second-order valence-corrected chi connectivity index (χ2v) is 8.02. The lowest BCUT2D eigenvalue weighted by atomic mass is 9.79. The zero-order chi connectivity index (χ0) is 13.9. The van der Waals surface area contributed by atoms with Gasteiger partial charge in [0.2, 0.25) is 5.91 Å². The Morgan fingerprint density at radius 3 is 2.00 bits per heavy atom. The smallest absolute Gasteiger partial charge is 0.226 e. The molecule has 1 unspecified atom stereocenters. The first-order chi connectivity index (χ1) is 8.02. The highest BCUT2D eigenvalue weighted by molar-refractivity contribution is 5.84. The van der Waals surface area contributed by atoms with Crippen molar-refractivity contribution in [1.82, 2.24) is 4.90 Å². The summed E-state index contributed by atoms with van der Waals surface area (Å²) in [6.45, 7) is 14.8. The molecule has 1 amide bonds. The monoisotopic (exact) mass is 252 g/mol. The Hall–Kier alpha value is -0.570. The number of hydrogen-bond acceptors (Lipinski definition) is 2. The van der Waals surface area contributed by atoms with Crippen LogP contribution in [0.3, 0.4) is 0 Å². The number of amides is 1. The van der Waals surface area contributed by atoms with Crippen LogP contribution >= 0.6 is 0 Å². The van der Waals surface area contributed by atoms with Crippen LogP contribution in [0.1, 0.15) is 48.0 Å². The van der Waals surface area contributed by atoms with Crippen molar-refractivity contribution in [2.75, 3.05) is 13.1 Å². The standard InChI is InChI=1S/C15H28N2O/c1-13(2)9-17(8-7-10(13)16)12(18)11-14(3,4)15(11,5)6/h10-11H,7-9,16H2,1-6H3. The highest BCUT2D eigenvalue weighted by atomic mass is 16.2. The number of hydrogen-bond donors (Lipinski definition) is 1. The molecule has 0 aromatic rings. The Balaban J connectivity index is 2.09. The van der Waals surface area contributed by atoms with Crippen molar-refractivity contribution in [3.05, 3.63) is 0 Å². The number of nitrogens with two attached hydrogens (primary N) is 1. The second-order valence-electron chi connectivity index (χ2n) is 8.02. The maximum Gasteiger partial charge on any atom is 0.226 e. The minimum atomic E-state index is 0.0388. The van der Waals surface area contributed by atoms with Crippen molar-refractivity contribution in [2.45, 2.75) is 54.0 Å². The third-order valence-electron chi connectivity index (χ3n) is 5.89.